The number of pyridine rings is 1. The lowest BCUT2D eigenvalue weighted by Crippen LogP contribution is -2.54. The summed E-state index contributed by atoms with van der Waals surface area (Å²) in [7, 11) is 1.62. The van der Waals surface area contributed by atoms with Crippen molar-refractivity contribution >= 4 is 11.6 Å². The van der Waals surface area contributed by atoms with Gasteiger partial charge in [0.2, 0.25) is 6.35 Å². The van der Waals surface area contributed by atoms with Gasteiger partial charge in [-0.25, -0.2) is 0 Å². The minimum absolute atomic E-state index is 0.123. The molecule has 2 heterocycles. The number of ether oxygens (including phenoxy) is 1. The first-order valence-corrected chi connectivity index (χ1v) is 10.9. The van der Waals surface area contributed by atoms with E-state index in [4.69, 9.17) is 0 Å². The number of aromatic nitrogens is 1. The zero-order chi connectivity index (χ0) is 25.2. The van der Waals surface area contributed by atoms with Gasteiger partial charge in [0.05, 0.1) is 23.1 Å². The second-order valence-electron chi connectivity index (χ2n) is 8.12. The standard InChI is InChI=1S/C25H24F3N3O4/c1-30-20-15-29-22(17-9-5-10-18(14-17)35-25(26,27)28)19(13-16-7-3-2-4-8-16)21(20)23(33)31(24(30)34)11-6-12-32/h2-5,7-10,14-15,24,32,34H,6,11-13H2,1H3. The fourth-order valence-electron chi connectivity index (χ4n) is 4.15. The molecule has 3 aromatic rings. The van der Waals surface area contributed by atoms with Crippen molar-refractivity contribution in [2.75, 3.05) is 25.1 Å². The first-order valence-electron chi connectivity index (χ1n) is 10.9. The van der Waals surface area contributed by atoms with E-state index in [1.807, 2.05) is 30.3 Å². The minimum atomic E-state index is -4.85. The Hall–Kier alpha value is -3.63. The average Bonchev–Trinajstić information content (AvgIpc) is 2.82. The molecule has 0 aliphatic carbocycles. The Balaban J connectivity index is 1.88. The zero-order valence-corrected chi connectivity index (χ0v) is 18.9. The zero-order valence-electron chi connectivity index (χ0n) is 18.9. The van der Waals surface area contributed by atoms with Crippen molar-refractivity contribution in [3.05, 3.63) is 77.5 Å². The predicted octanol–water partition coefficient (Wildman–Crippen LogP) is 3.79. The fraction of sp³-hybridized carbons (Fsp3) is 0.280. The van der Waals surface area contributed by atoms with E-state index < -0.39 is 24.4 Å². The van der Waals surface area contributed by atoms with E-state index in [1.54, 1.807) is 13.1 Å². The number of anilines is 1. The Kier molecular flexibility index (Phi) is 6.95. The molecule has 2 N–H and O–H groups in total. The maximum absolute atomic E-state index is 13.6. The molecule has 1 aromatic heterocycles. The lowest BCUT2D eigenvalue weighted by molar-refractivity contribution is -0.274. The molecular formula is C25H24F3N3O4. The number of hydrogen-bond acceptors (Lipinski definition) is 6. The van der Waals surface area contributed by atoms with Gasteiger partial charge in [0.25, 0.3) is 5.91 Å². The van der Waals surface area contributed by atoms with Gasteiger partial charge in [0.15, 0.2) is 0 Å². The molecule has 0 fully saturated rings. The number of carbonyl (C=O) groups is 1. The molecular weight excluding hydrogens is 463 g/mol. The third kappa shape index (κ3) is 5.23. The summed E-state index contributed by atoms with van der Waals surface area (Å²) in [4.78, 5) is 20.8. The summed E-state index contributed by atoms with van der Waals surface area (Å²) in [6.45, 7) is -0.0326. The molecule has 184 valence electrons. The molecule has 1 aliphatic rings. The third-order valence-electron chi connectivity index (χ3n) is 5.76. The summed E-state index contributed by atoms with van der Waals surface area (Å²) in [5.74, 6) is -0.847. The number of rotatable bonds is 7. The molecule has 35 heavy (non-hydrogen) atoms. The van der Waals surface area contributed by atoms with Crippen molar-refractivity contribution in [2.24, 2.45) is 0 Å². The highest BCUT2D eigenvalue weighted by molar-refractivity contribution is 6.04. The number of aliphatic hydroxyl groups excluding tert-OH is 2. The molecule has 1 aliphatic heterocycles. The van der Waals surface area contributed by atoms with Crippen LogP contribution >= 0.6 is 0 Å². The van der Waals surface area contributed by atoms with Gasteiger partial charge < -0.3 is 19.8 Å². The topological polar surface area (TPSA) is 86.1 Å². The van der Waals surface area contributed by atoms with Crippen LogP contribution < -0.4 is 9.64 Å². The van der Waals surface area contributed by atoms with Crippen molar-refractivity contribution in [3.8, 4) is 17.0 Å². The van der Waals surface area contributed by atoms with Gasteiger partial charge >= 0.3 is 6.36 Å². The highest BCUT2D eigenvalue weighted by Gasteiger charge is 2.37. The highest BCUT2D eigenvalue weighted by Crippen LogP contribution is 2.38. The van der Waals surface area contributed by atoms with Gasteiger partial charge in [-0.3, -0.25) is 14.7 Å². The number of carbonyl (C=O) groups excluding carboxylic acids is 1. The van der Waals surface area contributed by atoms with Crippen molar-refractivity contribution in [2.45, 2.75) is 25.6 Å². The molecule has 1 amide bonds. The largest absolute Gasteiger partial charge is 0.573 e. The SMILES string of the molecule is CN1c2cnc(-c3cccc(OC(F)(F)F)c3)c(Cc3ccccc3)c2C(=O)N(CCCO)C1O. The van der Waals surface area contributed by atoms with Crippen LogP contribution in [0.5, 0.6) is 5.75 Å². The number of hydrogen-bond donors (Lipinski definition) is 2. The molecule has 0 bridgehead atoms. The van der Waals surface area contributed by atoms with Crippen LogP contribution in [0.3, 0.4) is 0 Å². The Morgan fingerprint density at radius 1 is 1.11 bits per heavy atom. The Labute approximate surface area is 200 Å². The van der Waals surface area contributed by atoms with Gasteiger partial charge in [-0.1, -0.05) is 42.5 Å². The van der Waals surface area contributed by atoms with Gasteiger partial charge in [-0.15, -0.1) is 13.2 Å². The van der Waals surface area contributed by atoms with E-state index in [0.29, 0.717) is 28.1 Å². The van der Waals surface area contributed by atoms with Crippen LogP contribution in [0.4, 0.5) is 18.9 Å². The number of nitrogens with zero attached hydrogens (tertiary/aromatic N) is 3. The molecule has 0 saturated carbocycles. The monoisotopic (exact) mass is 487 g/mol. The fourth-order valence-corrected chi connectivity index (χ4v) is 4.15. The number of amides is 1. The molecule has 1 atom stereocenters. The third-order valence-corrected chi connectivity index (χ3v) is 5.76. The molecule has 1 unspecified atom stereocenters. The molecule has 2 aromatic carbocycles. The summed E-state index contributed by atoms with van der Waals surface area (Å²) in [5.41, 5.74) is 2.77. The van der Waals surface area contributed by atoms with Crippen LogP contribution in [0.1, 0.15) is 27.9 Å². The van der Waals surface area contributed by atoms with E-state index in [9.17, 15) is 28.2 Å². The smallest absolute Gasteiger partial charge is 0.406 e. The second kappa shape index (κ2) is 9.93. The first kappa shape index (κ1) is 24.5. The van der Waals surface area contributed by atoms with E-state index in [0.717, 1.165) is 5.56 Å². The molecule has 0 radical (unpaired) electrons. The molecule has 0 saturated heterocycles. The van der Waals surface area contributed by atoms with Crippen LogP contribution in [0.2, 0.25) is 0 Å². The van der Waals surface area contributed by atoms with Crippen LogP contribution in [0.15, 0.2) is 60.8 Å². The second-order valence-corrected chi connectivity index (χ2v) is 8.12. The summed E-state index contributed by atoms with van der Waals surface area (Å²) in [5, 5.41) is 19.9. The maximum Gasteiger partial charge on any atom is 0.573 e. The van der Waals surface area contributed by atoms with Crippen LogP contribution in [-0.4, -0.2) is 58.9 Å². The van der Waals surface area contributed by atoms with E-state index in [-0.39, 0.29) is 26.0 Å². The van der Waals surface area contributed by atoms with Gasteiger partial charge in [0, 0.05) is 32.2 Å². The van der Waals surface area contributed by atoms with Crippen molar-refractivity contribution in [3.63, 3.8) is 0 Å². The van der Waals surface area contributed by atoms with E-state index in [2.05, 4.69) is 9.72 Å². The predicted molar refractivity (Wildman–Crippen MR) is 123 cm³/mol. The molecule has 0 spiro atoms. The summed E-state index contributed by atoms with van der Waals surface area (Å²) < 4.78 is 42.5. The van der Waals surface area contributed by atoms with Crippen LogP contribution in [-0.2, 0) is 6.42 Å². The van der Waals surface area contributed by atoms with E-state index in [1.165, 1.54) is 34.2 Å². The van der Waals surface area contributed by atoms with Crippen LogP contribution in [0.25, 0.3) is 11.3 Å². The number of halogens is 3. The van der Waals surface area contributed by atoms with Crippen molar-refractivity contribution < 1.29 is 32.9 Å². The number of alkyl halides is 3. The Morgan fingerprint density at radius 2 is 1.86 bits per heavy atom. The van der Waals surface area contributed by atoms with Crippen molar-refractivity contribution in [1.82, 2.24) is 9.88 Å². The van der Waals surface area contributed by atoms with Gasteiger partial charge in [-0.05, 0) is 29.7 Å². The first-order chi connectivity index (χ1) is 16.7. The summed E-state index contributed by atoms with van der Waals surface area (Å²) >= 11 is 0. The molecule has 7 nitrogen and oxygen atoms in total. The highest BCUT2D eigenvalue weighted by atomic mass is 19.4. The number of benzene rings is 2. The van der Waals surface area contributed by atoms with Gasteiger partial charge in [-0.2, -0.15) is 0 Å². The van der Waals surface area contributed by atoms with Gasteiger partial charge in [0.1, 0.15) is 5.75 Å². The Morgan fingerprint density at radius 3 is 2.54 bits per heavy atom. The summed E-state index contributed by atoms with van der Waals surface area (Å²) in [6, 6.07) is 14.7. The lowest BCUT2D eigenvalue weighted by atomic mass is 9.92. The maximum atomic E-state index is 13.6. The lowest BCUT2D eigenvalue weighted by Gasteiger charge is -2.41. The average molecular weight is 487 g/mol. The molecule has 4 rings (SSSR count). The van der Waals surface area contributed by atoms with Crippen molar-refractivity contribution in [1.29, 1.82) is 0 Å². The Bertz CT molecular complexity index is 1200. The summed E-state index contributed by atoms with van der Waals surface area (Å²) in [6.07, 6.45) is -4.12. The van der Waals surface area contributed by atoms with Crippen LogP contribution in [0, 0.1) is 0 Å². The quantitative estimate of drug-likeness (QED) is 0.528. The molecule has 10 heteroatoms. The number of aliphatic hydroxyl groups is 2. The normalized spacial score (nSPS) is 15.8. The minimum Gasteiger partial charge on any atom is -0.406 e. The van der Waals surface area contributed by atoms with E-state index >= 15 is 0 Å². The number of fused-ring (bicyclic) bond motifs is 1.